The van der Waals surface area contributed by atoms with Crippen LogP contribution in [-0.4, -0.2) is 47.2 Å². The van der Waals surface area contributed by atoms with Crippen LogP contribution in [0.15, 0.2) is 24.4 Å². The maximum atomic E-state index is 11.8. The van der Waals surface area contributed by atoms with Crippen molar-refractivity contribution in [2.45, 2.75) is 37.9 Å². The molecule has 108 valence electrons. The Labute approximate surface area is 118 Å². The van der Waals surface area contributed by atoms with Crippen molar-refractivity contribution in [2.24, 2.45) is 0 Å². The number of hydrogen-bond acceptors (Lipinski definition) is 4. The van der Waals surface area contributed by atoms with E-state index in [1.165, 1.54) is 0 Å². The number of carbonyl (C=O) groups is 1. The van der Waals surface area contributed by atoms with Gasteiger partial charge in [0.1, 0.15) is 6.10 Å². The summed E-state index contributed by atoms with van der Waals surface area (Å²) in [6.45, 7) is 3.96. The van der Waals surface area contributed by atoms with E-state index in [-0.39, 0.29) is 17.6 Å². The third kappa shape index (κ3) is 2.63. The van der Waals surface area contributed by atoms with E-state index in [4.69, 9.17) is 9.47 Å². The predicted octanol–water partition coefficient (Wildman–Crippen LogP) is 1.63. The van der Waals surface area contributed by atoms with Gasteiger partial charge in [-0.15, -0.1) is 0 Å². The number of rotatable bonds is 3. The first-order valence-corrected chi connectivity index (χ1v) is 7.20. The van der Waals surface area contributed by atoms with E-state index < -0.39 is 0 Å². The van der Waals surface area contributed by atoms with Crippen molar-refractivity contribution in [3.05, 3.63) is 24.4 Å². The molecule has 0 radical (unpaired) electrons. The fraction of sp³-hybridized carbons (Fsp3) is 0.600. The molecule has 20 heavy (non-hydrogen) atoms. The minimum Gasteiger partial charge on any atom is -0.472 e. The minimum atomic E-state index is -0.204. The summed E-state index contributed by atoms with van der Waals surface area (Å²) < 4.78 is 11.8. The number of pyridine rings is 1. The highest BCUT2D eigenvalue weighted by Crippen LogP contribution is 2.36. The van der Waals surface area contributed by atoms with E-state index in [9.17, 15) is 4.79 Å². The highest BCUT2D eigenvalue weighted by molar-refractivity contribution is 5.76. The van der Waals surface area contributed by atoms with Gasteiger partial charge >= 0.3 is 0 Å². The van der Waals surface area contributed by atoms with E-state index in [0.717, 1.165) is 19.4 Å². The van der Waals surface area contributed by atoms with Crippen LogP contribution in [0.25, 0.3) is 0 Å². The lowest BCUT2D eigenvalue weighted by molar-refractivity contribution is -0.130. The number of aromatic nitrogens is 1. The molecule has 1 amide bonds. The molecule has 0 aliphatic carbocycles. The van der Waals surface area contributed by atoms with Crippen molar-refractivity contribution in [1.29, 1.82) is 0 Å². The SMILES string of the molecule is CCC(=O)N1CC[C@]2(C[C@H](Oc3ccccn3)CO2)C1. The van der Waals surface area contributed by atoms with Crippen molar-refractivity contribution in [3.8, 4) is 5.88 Å². The number of likely N-dealkylation sites (tertiary alicyclic amines) is 1. The smallest absolute Gasteiger partial charge is 0.222 e. The van der Waals surface area contributed by atoms with E-state index in [1.807, 2.05) is 30.0 Å². The summed E-state index contributed by atoms with van der Waals surface area (Å²) >= 11 is 0. The third-order valence-corrected chi connectivity index (χ3v) is 4.07. The molecule has 2 saturated heterocycles. The molecule has 2 aliphatic rings. The van der Waals surface area contributed by atoms with E-state index in [2.05, 4.69) is 4.98 Å². The van der Waals surface area contributed by atoms with Gasteiger partial charge in [0.25, 0.3) is 0 Å². The lowest BCUT2D eigenvalue weighted by Gasteiger charge is -2.23. The fourth-order valence-corrected chi connectivity index (χ4v) is 3.03. The summed E-state index contributed by atoms with van der Waals surface area (Å²) in [6.07, 6.45) is 4.04. The van der Waals surface area contributed by atoms with Gasteiger partial charge in [-0.3, -0.25) is 4.79 Å². The summed E-state index contributed by atoms with van der Waals surface area (Å²) in [6, 6.07) is 5.63. The zero-order chi connectivity index (χ0) is 14.0. The van der Waals surface area contributed by atoms with Gasteiger partial charge in [-0.2, -0.15) is 0 Å². The molecule has 0 aromatic carbocycles. The lowest BCUT2D eigenvalue weighted by atomic mass is 9.98. The molecule has 2 atom stereocenters. The van der Waals surface area contributed by atoms with Crippen LogP contribution in [0.5, 0.6) is 5.88 Å². The zero-order valence-corrected chi connectivity index (χ0v) is 11.7. The minimum absolute atomic E-state index is 0.0292. The Hall–Kier alpha value is -1.62. The van der Waals surface area contributed by atoms with Crippen molar-refractivity contribution >= 4 is 5.91 Å². The summed E-state index contributed by atoms with van der Waals surface area (Å²) in [4.78, 5) is 17.8. The van der Waals surface area contributed by atoms with Crippen LogP contribution in [-0.2, 0) is 9.53 Å². The summed E-state index contributed by atoms with van der Waals surface area (Å²) in [7, 11) is 0. The monoisotopic (exact) mass is 276 g/mol. The topological polar surface area (TPSA) is 51.7 Å². The maximum absolute atomic E-state index is 11.8. The number of hydrogen-bond donors (Lipinski definition) is 0. The van der Waals surface area contributed by atoms with Crippen LogP contribution in [0, 0.1) is 0 Å². The second-order valence-electron chi connectivity index (χ2n) is 5.52. The average molecular weight is 276 g/mol. The number of amides is 1. The largest absolute Gasteiger partial charge is 0.472 e. The van der Waals surface area contributed by atoms with Crippen molar-refractivity contribution in [3.63, 3.8) is 0 Å². The molecular formula is C15H20N2O3. The third-order valence-electron chi connectivity index (χ3n) is 4.07. The second kappa shape index (κ2) is 5.40. The van der Waals surface area contributed by atoms with Gasteiger partial charge in [0.15, 0.2) is 0 Å². The molecule has 1 spiro atoms. The Kier molecular flexibility index (Phi) is 3.61. The van der Waals surface area contributed by atoms with Crippen LogP contribution in [0.2, 0.25) is 0 Å². The number of nitrogens with zero attached hydrogens (tertiary/aromatic N) is 2. The van der Waals surface area contributed by atoms with Gasteiger partial charge in [-0.05, 0) is 12.5 Å². The molecule has 2 fully saturated rings. The normalized spacial score (nSPS) is 29.1. The van der Waals surface area contributed by atoms with Crippen LogP contribution in [0.1, 0.15) is 26.2 Å². The van der Waals surface area contributed by atoms with Gasteiger partial charge < -0.3 is 14.4 Å². The van der Waals surface area contributed by atoms with Gasteiger partial charge in [-0.1, -0.05) is 13.0 Å². The molecule has 3 rings (SSSR count). The molecule has 0 bridgehead atoms. The Morgan fingerprint density at radius 1 is 1.60 bits per heavy atom. The first-order chi connectivity index (χ1) is 9.71. The summed E-state index contributed by atoms with van der Waals surface area (Å²) in [5.41, 5.74) is -0.204. The highest BCUT2D eigenvalue weighted by Gasteiger charge is 2.47. The van der Waals surface area contributed by atoms with Crippen molar-refractivity contribution < 1.29 is 14.3 Å². The average Bonchev–Trinajstić information content (AvgIpc) is 3.07. The maximum Gasteiger partial charge on any atom is 0.222 e. The Balaban J connectivity index is 1.58. The first-order valence-electron chi connectivity index (χ1n) is 7.20. The molecule has 5 nitrogen and oxygen atoms in total. The van der Waals surface area contributed by atoms with Gasteiger partial charge in [-0.25, -0.2) is 4.98 Å². The highest BCUT2D eigenvalue weighted by atomic mass is 16.6. The number of carbonyl (C=O) groups excluding carboxylic acids is 1. The molecule has 5 heteroatoms. The van der Waals surface area contributed by atoms with E-state index >= 15 is 0 Å². The van der Waals surface area contributed by atoms with Crippen LogP contribution >= 0.6 is 0 Å². The second-order valence-corrected chi connectivity index (χ2v) is 5.52. The van der Waals surface area contributed by atoms with E-state index in [0.29, 0.717) is 25.5 Å². The fourth-order valence-electron chi connectivity index (χ4n) is 3.03. The Bertz CT molecular complexity index is 479. The molecule has 0 unspecified atom stereocenters. The van der Waals surface area contributed by atoms with E-state index in [1.54, 1.807) is 6.20 Å². The first kappa shape index (κ1) is 13.4. The van der Waals surface area contributed by atoms with Crippen molar-refractivity contribution in [1.82, 2.24) is 9.88 Å². The molecule has 0 N–H and O–H groups in total. The zero-order valence-electron chi connectivity index (χ0n) is 11.7. The Morgan fingerprint density at radius 3 is 3.25 bits per heavy atom. The molecule has 1 aromatic rings. The summed E-state index contributed by atoms with van der Waals surface area (Å²) in [5.74, 6) is 0.845. The van der Waals surface area contributed by atoms with Gasteiger partial charge in [0, 0.05) is 38.2 Å². The predicted molar refractivity (Wildman–Crippen MR) is 73.4 cm³/mol. The van der Waals surface area contributed by atoms with Crippen LogP contribution in [0.3, 0.4) is 0 Å². The molecule has 3 heterocycles. The van der Waals surface area contributed by atoms with Crippen molar-refractivity contribution in [2.75, 3.05) is 19.7 Å². The van der Waals surface area contributed by atoms with Gasteiger partial charge in [0.2, 0.25) is 11.8 Å². The van der Waals surface area contributed by atoms with Gasteiger partial charge in [0.05, 0.1) is 12.2 Å². The Morgan fingerprint density at radius 2 is 2.50 bits per heavy atom. The molecule has 2 aliphatic heterocycles. The quantitative estimate of drug-likeness (QED) is 0.842. The van der Waals surface area contributed by atoms with Crippen LogP contribution < -0.4 is 4.74 Å². The standard InChI is InChI=1S/C15H20N2O3/c1-2-14(18)17-8-6-15(11-17)9-12(10-19-15)20-13-5-3-4-7-16-13/h3-5,7,12H,2,6,8-11H2,1H3/t12-,15-/m0/s1. The number of ether oxygens (including phenoxy) is 2. The van der Waals surface area contributed by atoms with Crippen LogP contribution in [0.4, 0.5) is 0 Å². The molecule has 1 aromatic heterocycles. The molecule has 0 saturated carbocycles. The summed E-state index contributed by atoms with van der Waals surface area (Å²) in [5, 5.41) is 0. The molecular weight excluding hydrogens is 256 g/mol. The lowest BCUT2D eigenvalue weighted by Crippen LogP contribution is -2.35.